The van der Waals surface area contributed by atoms with Crippen molar-refractivity contribution in [1.82, 2.24) is 9.88 Å². The van der Waals surface area contributed by atoms with E-state index in [-0.39, 0.29) is 18.5 Å². The van der Waals surface area contributed by atoms with Crippen LogP contribution in [0.25, 0.3) is 0 Å². The second kappa shape index (κ2) is 8.78. The second-order valence-electron chi connectivity index (χ2n) is 6.24. The van der Waals surface area contributed by atoms with Crippen LogP contribution in [0.4, 0.5) is 8.78 Å². The number of carbonyl (C=O) groups is 2. The zero-order chi connectivity index (χ0) is 21.0. The summed E-state index contributed by atoms with van der Waals surface area (Å²) in [6.07, 6.45) is 1.09. The van der Waals surface area contributed by atoms with Crippen LogP contribution in [0.3, 0.4) is 0 Å². The highest BCUT2D eigenvalue weighted by Gasteiger charge is 2.21. The number of nitrogens with one attached hydrogen (secondary N) is 1. The maximum Gasteiger partial charge on any atom is 0.305 e. The third-order valence-electron chi connectivity index (χ3n) is 4.17. The first-order chi connectivity index (χ1) is 13.8. The quantitative estimate of drug-likeness (QED) is 0.617. The Morgan fingerprint density at radius 1 is 1.14 bits per heavy atom. The molecular weight excluding hydrogens is 402 g/mol. The molecule has 2 N–H and O–H groups in total. The lowest BCUT2D eigenvalue weighted by Crippen LogP contribution is -2.35. The van der Waals surface area contributed by atoms with Gasteiger partial charge < -0.3 is 15.0 Å². The van der Waals surface area contributed by atoms with Gasteiger partial charge in [0.1, 0.15) is 5.56 Å². The molecule has 3 aromatic rings. The largest absolute Gasteiger partial charge is 0.481 e. The molecular formula is C20H16F2N2O4S. The lowest BCUT2D eigenvalue weighted by atomic mass is 10.1. The van der Waals surface area contributed by atoms with Crippen molar-refractivity contribution in [2.24, 2.45) is 0 Å². The van der Waals surface area contributed by atoms with E-state index in [0.29, 0.717) is 10.4 Å². The normalized spacial score (nSPS) is 11.8. The minimum absolute atomic E-state index is 0.0549. The number of hydrogen-bond acceptors (Lipinski definition) is 4. The Labute approximate surface area is 168 Å². The number of aliphatic carboxylic acids is 1. The number of rotatable bonds is 7. The van der Waals surface area contributed by atoms with E-state index >= 15 is 0 Å². The summed E-state index contributed by atoms with van der Waals surface area (Å²) in [5.74, 6) is -3.83. The SMILES string of the molecule is O=C(O)CC(NC(=O)c1cccn(Cc2ccc(F)c(F)c2)c1=O)c1cccs1. The van der Waals surface area contributed by atoms with Crippen molar-refractivity contribution >= 4 is 23.2 Å². The van der Waals surface area contributed by atoms with Gasteiger partial charge in [-0.15, -0.1) is 11.3 Å². The molecule has 0 bridgehead atoms. The molecule has 0 spiro atoms. The van der Waals surface area contributed by atoms with Gasteiger partial charge in [0.25, 0.3) is 11.5 Å². The first-order valence-electron chi connectivity index (χ1n) is 8.54. The Morgan fingerprint density at radius 2 is 1.93 bits per heavy atom. The highest BCUT2D eigenvalue weighted by molar-refractivity contribution is 7.10. The first kappa shape index (κ1) is 20.4. The van der Waals surface area contributed by atoms with E-state index in [1.165, 1.54) is 40.3 Å². The number of pyridine rings is 1. The summed E-state index contributed by atoms with van der Waals surface area (Å²) in [7, 11) is 0. The van der Waals surface area contributed by atoms with Gasteiger partial charge in [0.15, 0.2) is 11.6 Å². The molecule has 0 fully saturated rings. The minimum Gasteiger partial charge on any atom is -0.481 e. The Bertz CT molecular complexity index is 1100. The Balaban J connectivity index is 1.84. The molecule has 0 aliphatic rings. The summed E-state index contributed by atoms with van der Waals surface area (Å²) in [6.45, 7) is -0.0549. The molecule has 150 valence electrons. The molecule has 1 amide bonds. The average molecular weight is 418 g/mol. The minimum atomic E-state index is -1.09. The summed E-state index contributed by atoms with van der Waals surface area (Å²) in [5.41, 5.74) is -0.456. The molecule has 1 aromatic carbocycles. The van der Waals surface area contributed by atoms with E-state index in [1.54, 1.807) is 17.5 Å². The van der Waals surface area contributed by atoms with E-state index in [9.17, 15) is 23.2 Å². The van der Waals surface area contributed by atoms with Crippen molar-refractivity contribution in [2.75, 3.05) is 0 Å². The van der Waals surface area contributed by atoms with Crippen molar-refractivity contribution in [2.45, 2.75) is 19.0 Å². The maximum absolute atomic E-state index is 13.4. The van der Waals surface area contributed by atoms with Crippen LogP contribution in [0.5, 0.6) is 0 Å². The number of carbonyl (C=O) groups excluding carboxylic acids is 1. The van der Waals surface area contributed by atoms with Crippen LogP contribution in [-0.2, 0) is 11.3 Å². The van der Waals surface area contributed by atoms with Crippen molar-refractivity contribution in [1.29, 1.82) is 0 Å². The molecule has 29 heavy (non-hydrogen) atoms. The molecule has 2 aromatic heterocycles. The lowest BCUT2D eigenvalue weighted by molar-refractivity contribution is -0.137. The number of aromatic nitrogens is 1. The fourth-order valence-electron chi connectivity index (χ4n) is 2.79. The molecule has 1 atom stereocenters. The van der Waals surface area contributed by atoms with Crippen LogP contribution in [0.2, 0.25) is 0 Å². The van der Waals surface area contributed by atoms with Gasteiger partial charge >= 0.3 is 5.97 Å². The van der Waals surface area contributed by atoms with E-state index in [4.69, 9.17) is 5.11 Å². The smallest absolute Gasteiger partial charge is 0.305 e. The summed E-state index contributed by atoms with van der Waals surface area (Å²) in [5, 5.41) is 13.4. The number of carboxylic acid groups (broad SMARTS) is 1. The number of nitrogens with zero attached hydrogens (tertiary/aromatic N) is 1. The van der Waals surface area contributed by atoms with Gasteiger partial charge in [-0.1, -0.05) is 12.1 Å². The van der Waals surface area contributed by atoms with Crippen LogP contribution >= 0.6 is 11.3 Å². The van der Waals surface area contributed by atoms with Crippen LogP contribution in [0, 0.1) is 11.6 Å². The van der Waals surface area contributed by atoms with Gasteiger partial charge in [0, 0.05) is 11.1 Å². The van der Waals surface area contributed by atoms with Crippen molar-refractivity contribution in [3.8, 4) is 0 Å². The van der Waals surface area contributed by atoms with Crippen molar-refractivity contribution < 1.29 is 23.5 Å². The number of hydrogen-bond donors (Lipinski definition) is 2. The first-order valence-corrected chi connectivity index (χ1v) is 9.42. The number of thiophene rings is 1. The van der Waals surface area contributed by atoms with Gasteiger partial charge in [-0.25, -0.2) is 8.78 Å². The van der Waals surface area contributed by atoms with E-state index in [0.717, 1.165) is 12.1 Å². The highest BCUT2D eigenvalue weighted by Crippen LogP contribution is 2.22. The number of amides is 1. The molecule has 0 saturated carbocycles. The summed E-state index contributed by atoms with van der Waals surface area (Å²) >= 11 is 1.29. The topological polar surface area (TPSA) is 88.4 Å². The molecule has 0 aliphatic carbocycles. The monoisotopic (exact) mass is 418 g/mol. The zero-order valence-corrected chi connectivity index (χ0v) is 15.8. The highest BCUT2D eigenvalue weighted by atomic mass is 32.1. The average Bonchev–Trinajstić information content (AvgIpc) is 3.20. The van der Waals surface area contributed by atoms with E-state index < -0.39 is 35.1 Å². The molecule has 2 heterocycles. The fraction of sp³-hybridized carbons (Fsp3) is 0.150. The van der Waals surface area contributed by atoms with Crippen LogP contribution < -0.4 is 10.9 Å². The van der Waals surface area contributed by atoms with Crippen LogP contribution in [0.15, 0.2) is 58.8 Å². The van der Waals surface area contributed by atoms with Gasteiger partial charge in [0.2, 0.25) is 0 Å². The molecule has 9 heteroatoms. The van der Waals surface area contributed by atoms with Gasteiger partial charge in [-0.2, -0.15) is 0 Å². The molecule has 0 aliphatic heterocycles. The van der Waals surface area contributed by atoms with Gasteiger partial charge in [0.05, 0.1) is 19.0 Å². The fourth-order valence-corrected chi connectivity index (χ4v) is 3.57. The predicted molar refractivity (Wildman–Crippen MR) is 103 cm³/mol. The molecule has 1 unspecified atom stereocenters. The van der Waals surface area contributed by atoms with Crippen LogP contribution in [0.1, 0.15) is 33.3 Å². The molecule has 6 nitrogen and oxygen atoms in total. The Hall–Kier alpha value is -3.33. The zero-order valence-electron chi connectivity index (χ0n) is 15.0. The number of benzene rings is 1. The molecule has 0 saturated heterocycles. The molecule has 3 rings (SSSR count). The second-order valence-corrected chi connectivity index (χ2v) is 7.22. The van der Waals surface area contributed by atoms with Gasteiger partial charge in [-0.3, -0.25) is 14.4 Å². The number of halogens is 2. The predicted octanol–water partition coefficient (Wildman–Crippen LogP) is 3.18. The summed E-state index contributed by atoms with van der Waals surface area (Å²) < 4.78 is 27.7. The summed E-state index contributed by atoms with van der Waals surface area (Å²) in [4.78, 5) is 37.1. The maximum atomic E-state index is 13.4. The Kier molecular flexibility index (Phi) is 6.18. The Morgan fingerprint density at radius 3 is 2.59 bits per heavy atom. The lowest BCUT2D eigenvalue weighted by Gasteiger charge is -2.16. The van der Waals surface area contributed by atoms with Gasteiger partial charge in [-0.05, 0) is 41.3 Å². The standard InChI is InChI=1S/C20H16F2N2O4S/c21-14-6-5-12(9-15(14)22)11-24-7-1-3-13(20(24)28)19(27)23-16(10-18(25)26)17-4-2-8-29-17/h1-9,16H,10-11H2,(H,23,27)(H,25,26). The van der Waals surface area contributed by atoms with E-state index in [2.05, 4.69) is 5.32 Å². The number of carboxylic acids is 1. The van der Waals surface area contributed by atoms with Crippen molar-refractivity contribution in [3.05, 3.63) is 92.0 Å². The van der Waals surface area contributed by atoms with Crippen LogP contribution in [-0.4, -0.2) is 21.6 Å². The molecule has 0 radical (unpaired) electrons. The third kappa shape index (κ3) is 4.94. The van der Waals surface area contributed by atoms with E-state index in [1.807, 2.05) is 0 Å². The third-order valence-corrected chi connectivity index (χ3v) is 5.16. The van der Waals surface area contributed by atoms with Crippen molar-refractivity contribution in [3.63, 3.8) is 0 Å². The summed E-state index contributed by atoms with van der Waals surface area (Å²) in [6, 6.07) is 8.75.